The quantitative estimate of drug-likeness (QED) is 0.897. The van der Waals surface area contributed by atoms with Gasteiger partial charge in [0.15, 0.2) is 0 Å². The molecule has 1 unspecified atom stereocenters. The van der Waals surface area contributed by atoms with Crippen LogP contribution in [0.15, 0.2) is 22.7 Å². The van der Waals surface area contributed by atoms with Crippen LogP contribution in [0, 0.1) is 11.7 Å². The van der Waals surface area contributed by atoms with Crippen LogP contribution in [0.2, 0.25) is 0 Å². The highest BCUT2D eigenvalue weighted by atomic mass is 79.9. The highest BCUT2D eigenvalue weighted by molar-refractivity contribution is 9.10. The zero-order valence-corrected chi connectivity index (χ0v) is 12.3. The molecule has 0 aliphatic carbocycles. The fraction of sp³-hybridized carbons (Fsp3) is 0.462. The molecule has 1 amide bonds. The lowest BCUT2D eigenvalue weighted by atomic mass is 9.88. The zero-order valence-electron chi connectivity index (χ0n) is 10.8. The van der Waals surface area contributed by atoms with E-state index in [4.69, 9.17) is 5.73 Å². The molecule has 1 rings (SSSR count). The Labute approximate surface area is 115 Å². The van der Waals surface area contributed by atoms with Crippen molar-refractivity contribution in [1.29, 1.82) is 0 Å². The van der Waals surface area contributed by atoms with Crippen molar-refractivity contribution in [3.63, 3.8) is 0 Å². The van der Waals surface area contributed by atoms with E-state index in [1.54, 1.807) is 0 Å². The van der Waals surface area contributed by atoms with Gasteiger partial charge in [0.1, 0.15) is 5.82 Å². The minimum Gasteiger partial charge on any atom is -0.345 e. The van der Waals surface area contributed by atoms with Crippen LogP contribution in [0.4, 0.5) is 4.39 Å². The Morgan fingerprint density at radius 3 is 2.61 bits per heavy atom. The van der Waals surface area contributed by atoms with Gasteiger partial charge in [-0.2, -0.15) is 0 Å². The standard InChI is InChI=1S/C13H18BrFN2O/c1-8(2)13(3,7-16)17-12(18)9-4-5-11(15)10(14)6-9/h4-6,8H,7,16H2,1-3H3,(H,17,18). The molecule has 0 fully saturated rings. The highest BCUT2D eigenvalue weighted by Crippen LogP contribution is 2.19. The van der Waals surface area contributed by atoms with E-state index in [2.05, 4.69) is 21.2 Å². The van der Waals surface area contributed by atoms with Gasteiger partial charge in [-0.15, -0.1) is 0 Å². The smallest absolute Gasteiger partial charge is 0.251 e. The van der Waals surface area contributed by atoms with Crippen molar-refractivity contribution in [3.8, 4) is 0 Å². The first-order chi connectivity index (χ1) is 8.30. The first-order valence-corrected chi connectivity index (χ1v) is 6.57. The second kappa shape index (κ2) is 5.80. The lowest BCUT2D eigenvalue weighted by molar-refractivity contribution is 0.0883. The van der Waals surface area contributed by atoms with E-state index < -0.39 is 11.4 Å². The van der Waals surface area contributed by atoms with E-state index in [-0.39, 0.29) is 16.3 Å². The second-order valence-corrected chi connectivity index (χ2v) is 5.71. The maximum atomic E-state index is 13.1. The SMILES string of the molecule is CC(C)C(C)(CN)NC(=O)c1ccc(F)c(Br)c1. The molecule has 0 spiro atoms. The minimum atomic E-state index is -0.474. The van der Waals surface area contributed by atoms with Crippen molar-refractivity contribution < 1.29 is 9.18 Å². The molecule has 0 aliphatic heterocycles. The minimum absolute atomic E-state index is 0.204. The van der Waals surface area contributed by atoms with E-state index in [1.165, 1.54) is 18.2 Å². The van der Waals surface area contributed by atoms with E-state index in [0.29, 0.717) is 12.1 Å². The largest absolute Gasteiger partial charge is 0.345 e. The summed E-state index contributed by atoms with van der Waals surface area (Å²) in [6, 6.07) is 4.17. The van der Waals surface area contributed by atoms with Crippen molar-refractivity contribution in [2.45, 2.75) is 26.3 Å². The summed E-state index contributed by atoms with van der Waals surface area (Å²) >= 11 is 3.06. The van der Waals surface area contributed by atoms with Crippen LogP contribution in [-0.4, -0.2) is 18.0 Å². The molecular formula is C13H18BrFN2O. The molecule has 1 atom stereocenters. The predicted octanol–water partition coefficient (Wildman–Crippen LogP) is 2.69. The molecule has 0 radical (unpaired) electrons. The van der Waals surface area contributed by atoms with Crippen molar-refractivity contribution >= 4 is 21.8 Å². The number of carbonyl (C=O) groups is 1. The third-order valence-corrected chi connectivity index (χ3v) is 3.89. The molecule has 1 aromatic rings. The zero-order chi connectivity index (χ0) is 13.9. The van der Waals surface area contributed by atoms with Crippen molar-refractivity contribution in [3.05, 3.63) is 34.1 Å². The summed E-state index contributed by atoms with van der Waals surface area (Å²) in [5.74, 6) is -0.440. The molecule has 100 valence electrons. The molecule has 0 bridgehead atoms. The topological polar surface area (TPSA) is 55.1 Å². The second-order valence-electron chi connectivity index (χ2n) is 4.86. The normalized spacial score (nSPS) is 14.4. The summed E-state index contributed by atoms with van der Waals surface area (Å²) in [5.41, 5.74) is 5.64. The summed E-state index contributed by atoms with van der Waals surface area (Å²) in [6.07, 6.45) is 0. The summed E-state index contributed by atoms with van der Waals surface area (Å²) in [5, 5.41) is 2.90. The van der Waals surface area contributed by atoms with Crippen LogP contribution in [0.3, 0.4) is 0 Å². The summed E-state index contributed by atoms with van der Waals surface area (Å²) in [4.78, 5) is 12.1. The van der Waals surface area contributed by atoms with E-state index in [0.717, 1.165) is 0 Å². The van der Waals surface area contributed by atoms with E-state index >= 15 is 0 Å². The maximum Gasteiger partial charge on any atom is 0.251 e. The number of amides is 1. The average Bonchev–Trinajstić information content (AvgIpc) is 2.32. The van der Waals surface area contributed by atoms with Gasteiger partial charge in [0.05, 0.1) is 10.0 Å². The van der Waals surface area contributed by atoms with Gasteiger partial charge in [-0.1, -0.05) is 13.8 Å². The van der Waals surface area contributed by atoms with E-state index in [1.807, 2.05) is 20.8 Å². The molecule has 0 saturated carbocycles. The highest BCUT2D eigenvalue weighted by Gasteiger charge is 2.28. The number of rotatable bonds is 4. The molecule has 0 heterocycles. The Hall–Kier alpha value is -0.940. The Balaban J connectivity index is 2.91. The van der Waals surface area contributed by atoms with Gasteiger partial charge >= 0.3 is 0 Å². The number of halogens is 2. The van der Waals surface area contributed by atoms with Gasteiger partial charge < -0.3 is 11.1 Å². The Morgan fingerprint density at radius 2 is 2.17 bits per heavy atom. The molecule has 3 N–H and O–H groups in total. The van der Waals surface area contributed by atoms with Crippen LogP contribution in [0.5, 0.6) is 0 Å². The van der Waals surface area contributed by atoms with Crippen molar-refractivity contribution in [2.75, 3.05) is 6.54 Å². The molecule has 0 aromatic heterocycles. The maximum absolute atomic E-state index is 13.1. The molecule has 5 heteroatoms. The number of nitrogens with two attached hydrogens (primary N) is 1. The number of hydrogen-bond acceptors (Lipinski definition) is 2. The Kier molecular flexibility index (Phi) is 4.87. The van der Waals surface area contributed by atoms with Crippen molar-refractivity contribution in [2.24, 2.45) is 11.7 Å². The summed E-state index contributed by atoms with van der Waals surface area (Å²) in [7, 11) is 0. The van der Waals surface area contributed by atoms with Gasteiger partial charge in [0.25, 0.3) is 5.91 Å². The monoisotopic (exact) mass is 316 g/mol. The molecular weight excluding hydrogens is 299 g/mol. The first-order valence-electron chi connectivity index (χ1n) is 5.78. The Morgan fingerprint density at radius 1 is 1.56 bits per heavy atom. The van der Waals surface area contributed by atoms with Gasteiger partial charge in [0.2, 0.25) is 0 Å². The van der Waals surface area contributed by atoms with Gasteiger partial charge in [-0.25, -0.2) is 4.39 Å². The van der Waals surface area contributed by atoms with Crippen LogP contribution < -0.4 is 11.1 Å². The fourth-order valence-electron chi connectivity index (χ4n) is 1.40. The molecule has 1 aromatic carbocycles. The number of nitrogens with one attached hydrogen (secondary N) is 1. The average molecular weight is 317 g/mol. The Bertz CT molecular complexity index is 451. The van der Waals surface area contributed by atoms with Gasteiger partial charge in [-0.3, -0.25) is 4.79 Å². The number of benzene rings is 1. The molecule has 0 saturated heterocycles. The number of hydrogen-bond donors (Lipinski definition) is 2. The molecule has 0 aliphatic rings. The lowest BCUT2D eigenvalue weighted by Gasteiger charge is -2.33. The van der Waals surface area contributed by atoms with Crippen LogP contribution in [0.25, 0.3) is 0 Å². The van der Waals surface area contributed by atoms with Gasteiger partial charge in [0, 0.05) is 12.1 Å². The third kappa shape index (κ3) is 3.29. The van der Waals surface area contributed by atoms with Crippen LogP contribution in [-0.2, 0) is 0 Å². The van der Waals surface area contributed by atoms with Crippen LogP contribution in [0.1, 0.15) is 31.1 Å². The number of carbonyl (C=O) groups excluding carboxylic acids is 1. The first kappa shape index (κ1) is 15.1. The molecule has 3 nitrogen and oxygen atoms in total. The van der Waals surface area contributed by atoms with Crippen LogP contribution >= 0.6 is 15.9 Å². The van der Waals surface area contributed by atoms with Gasteiger partial charge in [-0.05, 0) is 47.0 Å². The lowest BCUT2D eigenvalue weighted by Crippen LogP contribution is -2.55. The summed E-state index contributed by atoms with van der Waals surface area (Å²) < 4.78 is 13.4. The summed E-state index contributed by atoms with van der Waals surface area (Å²) in [6.45, 7) is 6.23. The molecule has 18 heavy (non-hydrogen) atoms. The third-order valence-electron chi connectivity index (χ3n) is 3.28. The van der Waals surface area contributed by atoms with E-state index in [9.17, 15) is 9.18 Å². The predicted molar refractivity (Wildman–Crippen MR) is 73.9 cm³/mol. The van der Waals surface area contributed by atoms with Crippen molar-refractivity contribution in [1.82, 2.24) is 5.32 Å². The fourth-order valence-corrected chi connectivity index (χ4v) is 1.78.